The summed E-state index contributed by atoms with van der Waals surface area (Å²) in [6.45, 7) is 5.69. The molecule has 3 aromatic heterocycles. The zero-order valence-electron chi connectivity index (χ0n) is 19.0. The van der Waals surface area contributed by atoms with Crippen LogP contribution in [0.2, 0.25) is 0 Å². The number of piperazine rings is 1. The minimum atomic E-state index is -3.90. The number of hydrogen-bond donors (Lipinski definition) is 1. The Morgan fingerprint density at radius 3 is 2.54 bits per heavy atom. The lowest BCUT2D eigenvalue weighted by molar-refractivity contribution is -0.0523. The lowest BCUT2D eigenvalue weighted by Crippen LogP contribution is -2.59. The average Bonchev–Trinajstić information content (AvgIpc) is 3.38. The van der Waals surface area contributed by atoms with Gasteiger partial charge in [-0.2, -0.15) is 0 Å². The maximum Gasteiger partial charge on any atom is 0.291 e. The van der Waals surface area contributed by atoms with E-state index < -0.39 is 27.0 Å². The number of fused-ring (bicyclic) bond motifs is 1. The minimum absolute atomic E-state index is 0.0654. The second kappa shape index (κ2) is 8.40. The molecule has 0 radical (unpaired) electrons. The van der Waals surface area contributed by atoms with Crippen LogP contribution in [0, 0.1) is 0 Å². The molecule has 0 amide bonds. The van der Waals surface area contributed by atoms with E-state index in [1.54, 1.807) is 23.6 Å². The highest BCUT2D eigenvalue weighted by Gasteiger charge is 2.38. The van der Waals surface area contributed by atoms with E-state index in [2.05, 4.69) is 29.7 Å². The van der Waals surface area contributed by atoms with Crippen LogP contribution in [0.25, 0.3) is 16.3 Å². The van der Waals surface area contributed by atoms with Crippen molar-refractivity contribution in [3.05, 3.63) is 23.5 Å². The Morgan fingerprint density at radius 2 is 1.94 bits per heavy atom. The third-order valence-corrected chi connectivity index (χ3v) is 9.20. The first-order valence-corrected chi connectivity index (χ1v) is 13.8. The van der Waals surface area contributed by atoms with Crippen LogP contribution >= 0.6 is 11.3 Å². The monoisotopic (exact) mass is 525 g/mol. The molecule has 35 heavy (non-hydrogen) atoms. The van der Waals surface area contributed by atoms with Crippen LogP contribution in [0.4, 0.5) is 14.5 Å². The average molecular weight is 526 g/mol. The van der Waals surface area contributed by atoms with E-state index in [0.717, 1.165) is 43.2 Å². The summed E-state index contributed by atoms with van der Waals surface area (Å²) in [5, 5.41) is 7.24. The number of nitrogens with zero attached hydrogens (tertiary/aromatic N) is 6. The molecule has 2 saturated heterocycles. The molecule has 5 heterocycles. The molecule has 0 aromatic carbocycles. The molecule has 0 spiro atoms. The molecule has 14 heteroatoms. The number of ether oxygens (including phenoxy) is 1. The Bertz CT molecular complexity index is 1360. The van der Waals surface area contributed by atoms with Gasteiger partial charge in [-0.1, -0.05) is 11.3 Å². The molecule has 3 fully saturated rings. The zero-order valence-corrected chi connectivity index (χ0v) is 20.7. The fourth-order valence-electron chi connectivity index (χ4n) is 4.64. The highest BCUT2D eigenvalue weighted by Crippen LogP contribution is 2.35. The normalized spacial score (nSPS) is 21.1. The van der Waals surface area contributed by atoms with Crippen LogP contribution in [-0.2, 0) is 14.8 Å². The van der Waals surface area contributed by atoms with Gasteiger partial charge < -0.3 is 9.64 Å². The highest BCUT2D eigenvalue weighted by molar-refractivity contribution is 7.89. The van der Waals surface area contributed by atoms with Gasteiger partial charge in [0, 0.05) is 38.4 Å². The Morgan fingerprint density at radius 1 is 1.20 bits per heavy atom. The Balaban J connectivity index is 1.43. The van der Waals surface area contributed by atoms with Crippen LogP contribution in [0.15, 0.2) is 23.4 Å². The topological polar surface area (TPSA) is 105 Å². The molecule has 2 aliphatic heterocycles. The summed E-state index contributed by atoms with van der Waals surface area (Å²) in [4.78, 5) is 9.13. The lowest BCUT2D eigenvalue weighted by Gasteiger charge is -2.38. The summed E-state index contributed by atoms with van der Waals surface area (Å²) in [7, 11) is -3.90. The van der Waals surface area contributed by atoms with Gasteiger partial charge in [-0.15, -0.1) is 10.2 Å². The van der Waals surface area contributed by atoms with E-state index >= 15 is 0 Å². The van der Waals surface area contributed by atoms with E-state index in [-0.39, 0.29) is 15.7 Å². The van der Waals surface area contributed by atoms with E-state index in [1.165, 1.54) is 19.0 Å². The quantitative estimate of drug-likeness (QED) is 0.500. The third-order valence-electron chi connectivity index (χ3n) is 6.66. The molecule has 10 nitrogen and oxygen atoms in total. The molecule has 0 bridgehead atoms. The van der Waals surface area contributed by atoms with Crippen LogP contribution in [0.1, 0.15) is 31.2 Å². The fraction of sp³-hybridized carbons (Fsp3) is 0.571. The molecule has 1 aliphatic carbocycles. The lowest BCUT2D eigenvalue weighted by atomic mass is 10.0. The molecular formula is C21H25F2N7O3S2. The maximum atomic E-state index is 13.4. The first-order chi connectivity index (χ1) is 16.7. The molecular weight excluding hydrogens is 500 g/mol. The summed E-state index contributed by atoms with van der Waals surface area (Å²) >= 11 is 0.744. The van der Waals surface area contributed by atoms with E-state index in [9.17, 15) is 17.2 Å². The molecule has 0 unspecified atom stereocenters. The van der Waals surface area contributed by atoms with Gasteiger partial charge >= 0.3 is 0 Å². The van der Waals surface area contributed by atoms with Crippen LogP contribution in [-0.4, -0.2) is 83.9 Å². The van der Waals surface area contributed by atoms with Crippen molar-refractivity contribution >= 4 is 32.6 Å². The predicted octanol–water partition coefficient (Wildman–Crippen LogP) is 2.14. The Kier molecular flexibility index (Phi) is 5.56. The summed E-state index contributed by atoms with van der Waals surface area (Å²) in [6.07, 6.45) is 2.83. The predicted molar refractivity (Wildman–Crippen MR) is 125 cm³/mol. The number of pyridine rings is 1. The Hall–Kier alpha value is -2.26. The van der Waals surface area contributed by atoms with Gasteiger partial charge in [-0.25, -0.2) is 26.9 Å². The summed E-state index contributed by atoms with van der Waals surface area (Å²) in [6, 6.07) is 2.34. The molecule has 1 N–H and O–H groups in total. The van der Waals surface area contributed by atoms with Crippen LogP contribution < -0.4 is 9.62 Å². The zero-order chi connectivity index (χ0) is 24.4. The number of rotatable bonds is 7. The van der Waals surface area contributed by atoms with Crippen molar-refractivity contribution in [2.24, 2.45) is 0 Å². The summed E-state index contributed by atoms with van der Waals surface area (Å²) in [5.41, 5.74) is 0.744. The number of alkyl halides is 2. The summed E-state index contributed by atoms with van der Waals surface area (Å²) in [5.74, 6) is 0.275. The number of aromatic nitrogens is 4. The summed E-state index contributed by atoms with van der Waals surface area (Å²) < 4.78 is 62.6. The van der Waals surface area contributed by atoms with Crippen molar-refractivity contribution in [1.29, 1.82) is 0 Å². The van der Waals surface area contributed by atoms with Crippen molar-refractivity contribution in [2.45, 2.75) is 42.7 Å². The van der Waals surface area contributed by atoms with Crippen molar-refractivity contribution < 1.29 is 21.9 Å². The molecule has 0 atom stereocenters. The van der Waals surface area contributed by atoms with Crippen LogP contribution in [0.5, 0.6) is 0 Å². The molecule has 188 valence electrons. The third kappa shape index (κ3) is 4.31. The fourth-order valence-corrected chi connectivity index (χ4v) is 6.73. The number of halogens is 2. The van der Waals surface area contributed by atoms with Gasteiger partial charge in [0.15, 0.2) is 15.8 Å². The van der Waals surface area contributed by atoms with E-state index in [0.29, 0.717) is 24.8 Å². The first kappa shape index (κ1) is 23.2. The van der Waals surface area contributed by atoms with Gasteiger partial charge in [-0.3, -0.25) is 9.30 Å². The van der Waals surface area contributed by atoms with Crippen molar-refractivity contribution in [1.82, 2.24) is 29.2 Å². The van der Waals surface area contributed by atoms with Gasteiger partial charge in [0.2, 0.25) is 10.0 Å². The highest BCUT2D eigenvalue weighted by atomic mass is 32.2. The van der Waals surface area contributed by atoms with Crippen LogP contribution in [0.3, 0.4) is 0 Å². The molecule has 6 rings (SSSR count). The van der Waals surface area contributed by atoms with E-state index in [4.69, 9.17) is 4.74 Å². The first-order valence-electron chi connectivity index (χ1n) is 11.5. The number of anilines is 1. The van der Waals surface area contributed by atoms with E-state index in [1.807, 2.05) is 0 Å². The number of hydrogen-bond acceptors (Lipinski definition) is 9. The second-order valence-corrected chi connectivity index (χ2v) is 12.2. The van der Waals surface area contributed by atoms with Crippen molar-refractivity contribution in [3.63, 3.8) is 0 Å². The SMILES string of the molecule is CC1(NS(=O)(=O)c2cc(N3CCN(C4CC4)CC3)c3cnc(-c4nnc(C(F)F)s4)n3c2)COC1. The van der Waals surface area contributed by atoms with Gasteiger partial charge in [0.25, 0.3) is 6.43 Å². The number of nitrogens with one attached hydrogen (secondary N) is 1. The molecule has 3 aromatic rings. The number of sulfonamides is 1. The number of imidazole rings is 1. The standard InChI is InChI=1S/C21H25F2N7O3S2/c1-21(11-33-12-21)27-35(31,32)14-8-15(29-6-4-28(5-7-29)13-2-3-13)16-9-24-18(30(16)10-14)20-26-25-19(34-20)17(22)23/h8-10,13,17,27H,2-7,11-12H2,1H3. The van der Waals surface area contributed by atoms with Gasteiger partial charge in [0.05, 0.1) is 36.2 Å². The largest absolute Gasteiger partial charge is 0.377 e. The van der Waals surface area contributed by atoms with Gasteiger partial charge in [-0.05, 0) is 25.8 Å². The maximum absolute atomic E-state index is 13.4. The smallest absolute Gasteiger partial charge is 0.291 e. The van der Waals surface area contributed by atoms with Crippen molar-refractivity contribution in [3.8, 4) is 10.8 Å². The van der Waals surface area contributed by atoms with Gasteiger partial charge in [0.1, 0.15) is 4.90 Å². The van der Waals surface area contributed by atoms with Crippen molar-refractivity contribution in [2.75, 3.05) is 44.3 Å². The molecule has 3 aliphatic rings. The minimum Gasteiger partial charge on any atom is -0.377 e. The second-order valence-electron chi connectivity index (χ2n) is 9.56. The molecule has 1 saturated carbocycles. The Labute approximate surface area is 205 Å².